The molecule has 154 valence electrons. The highest BCUT2D eigenvalue weighted by Crippen LogP contribution is 2.25. The molecule has 2 saturated heterocycles. The van der Waals surface area contributed by atoms with Gasteiger partial charge in [0.15, 0.2) is 0 Å². The normalized spacial score (nSPS) is 20.3. The number of hydrogen-bond acceptors (Lipinski definition) is 6. The molecule has 1 unspecified atom stereocenters. The molecule has 27 heavy (non-hydrogen) atoms. The number of ether oxygens (including phenoxy) is 2. The van der Waals surface area contributed by atoms with Crippen molar-refractivity contribution in [1.29, 1.82) is 0 Å². The van der Waals surface area contributed by atoms with E-state index in [1.54, 1.807) is 32.4 Å². The lowest BCUT2D eigenvalue weighted by Gasteiger charge is -2.37. The van der Waals surface area contributed by atoms with Gasteiger partial charge in [0.2, 0.25) is 5.91 Å². The summed E-state index contributed by atoms with van der Waals surface area (Å²) in [4.78, 5) is 17.1. The first kappa shape index (κ1) is 23.8. The third-order valence-corrected chi connectivity index (χ3v) is 4.96. The number of amides is 1. The molecule has 0 bridgehead atoms. The first-order valence-corrected chi connectivity index (χ1v) is 8.88. The van der Waals surface area contributed by atoms with Crippen LogP contribution in [0.2, 0.25) is 0 Å². The summed E-state index contributed by atoms with van der Waals surface area (Å²) >= 11 is 0. The molecule has 2 heterocycles. The molecule has 1 aromatic rings. The molecule has 9 heteroatoms. The lowest BCUT2D eigenvalue weighted by atomic mass is 10.2. The first-order chi connectivity index (χ1) is 12.2. The van der Waals surface area contributed by atoms with E-state index in [-0.39, 0.29) is 30.7 Å². The number of rotatable bonds is 6. The molecule has 1 amide bonds. The summed E-state index contributed by atoms with van der Waals surface area (Å²) in [5.41, 5.74) is 0.692. The summed E-state index contributed by atoms with van der Waals surface area (Å²) < 4.78 is 10.5. The van der Waals surface area contributed by atoms with Crippen LogP contribution < -0.4 is 20.1 Å². The van der Waals surface area contributed by atoms with Crippen LogP contribution in [0.25, 0.3) is 0 Å². The van der Waals surface area contributed by atoms with Crippen molar-refractivity contribution >= 4 is 36.4 Å². The second kappa shape index (κ2) is 11.6. The number of carbonyl (C=O) groups is 1. The van der Waals surface area contributed by atoms with Crippen LogP contribution in [0.15, 0.2) is 18.2 Å². The summed E-state index contributed by atoms with van der Waals surface area (Å²) in [6, 6.07) is 6.05. The zero-order valence-corrected chi connectivity index (χ0v) is 17.5. The van der Waals surface area contributed by atoms with E-state index in [0.717, 1.165) is 39.3 Å². The topological polar surface area (TPSA) is 66.1 Å². The van der Waals surface area contributed by atoms with E-state index in [0.29, 0.717) is 29.8 Å². The van der Waals surface area contributed by atoms with Crippen molar-refractivity contribution < 1.29 is 14.3 Å². The van der Waals surface area contributed by atoms with Crippen molar-refractivity contribution in [3.05, 3.63) is 18.2 Å². The highest BCUT2D eigenvalue weighted by Gasteiger charge is 2.26. The number of hydrogen-bond donors (Lipinski definition) is 2. The second-order valence-corrected chi connectivity index (χ2v) is 6.61. The Balaban J connectivity index is 0.00000182. The number of anilines is 1. The number of methoxy groups -OCH3 is 2. The molecule has 0 spiro atoms. The number of halogens is 2. The van der Waals surface area contributed by atoms with Crippen LogP contribution >= 0.6 is 24.8 Å². The maximum Gasteiger partial charge on any atom is 0.238 e. The molecule has 2 aliphatic heterocycles. The largest absolute Gasteiger partial charge is 0.497 e. The molecular formula is C18H30Cl2N4O3. The fraction of sp³-hybridized carbons (Fsp3) is 0.611. The van der Waals surface area contributed by atoms with Gasteiger partial charge in [-0.25, -0.2) is 0 Å². The molecule has 1 aromatic carbocycles. The van der Waals surface area contributed by atoms with Crippen LogP contribution in [0.5, 0.6) is 11.5 Å². The fourth-order valence-corrected chi connectivity index (χ4v) is 3.52. The Morgan fingerprint density at radius 2 is 1.74 bits per heavy atom. The Morgan fingerprint density at radius 1 is 1.11 bits per heavy atom. The minimum absolute atomic E-state index is 0. The van der Waals surface area contributed by atoms with Gasteiger partial charge in [-0.3, -0.25) is 14.6 Å². The number of benzene rings is 1. The Bertz CT molecular complexity index is 570. The van der Waals surface area contributed by atoms with E-state index in [2.05, 4.69) is 20.4 Å². The quantitative estimate of drug-likeness (QED) is 0.726. The predicted molar refractivity (Wildman–Crippen MR) is 112 cm³/mol. The van der Waals surface area contributed by atoms with Gasteiger partial charge in [-0.2, -0.15) is 0 Å². The van der Waals surface area contributed by atoms with Gasteiger partial charge in [0, 0.05) is 62.7 Å². The Hall–Kier alpha value is -1.25. The van der Waals surface area contributed by atoms with E-state index in [1.807, 2.05) is 0 Å². The summed E-state index contributed by atoms with van der Waals surface area (Å²) in [5, 5.41) is 6.36. The fourth-order valence-electron chi connectivity index (χ4n) is 3.52. The molecule has 2 aliphatic rings. The van der Waals surface area contributed by atoms with Crippen molar-refractivity contribution in [2.45, 2.75) is 12.5 Å². The number of carbonyl (C=O) groups excluding carboxylic acids is 1. The minimum Gasteiger partial charge on any atom is -0.497 e. The first-order valence-electron chi connectivity index (χ1n) is 8.88. The van der Waals surface area contributed by atoms with Crippen LogP contribution in [0.3, 0.4) is 0 Å². The molecule has 0 aliphatic carbocycles. The molecule has 3 rings (SSSR count). The summed E-state index contributed by atoms with van der Waals surface area (Å²) in [6.45, 7) is 6.57. The molecule has 0 aromatic heterocycles. The van der Waals surface area contributed by atoms with Gasteiger partial charge in [-0.1, -0.05) is 0 Å². The summed E-state index contributed by atoms with van der Waals surface area (Å²) in [7, 11) is 3.19. The molecular weight excluding hydrogens is 391 g/mol. The van der Waals surface area contributed by atoms with Gasteiger partial charge in [-0.05, 0) is 13.0 Å². The van der Waals surface area contributed by atoms with Gasteiger partial charge in [0.05, 0.1) is 20.8 Å². The summed E-state index contributed by atoms with van der Waals surface area (Å²) in [5.74, 6) is 1.31. The second-order valence-electron chi connectivity index (χ2n) is 6.61. The van der Waals surface area contributed by atoms with Gasteiger partial charge in [0.25, 0.3) is 0 Å². The zero-order valence-electron chi connectivity index (χ0n) is 15.9. The van der Waals surface area contributed by atoms with E-state index in [4.69, 9.17) is 9.47 Å². The maximum absolute atomic E-state index is 12.4. The third kappa shape index (κ3) is 6.69. The predicted octanol–water partition coefficient (Wildman–Crippen LogP) is 1.47. The average Bonchev–Trinajstić information content (AvgIpc) is 3.16. The zero-order chi connectivity index (χ0) is 17.6. The van der Waals surface area contributed by atoms with E-state index >= 15 is 0 Å². The van der Waals surface area contributed by atoms with Crippen molar-refractivity contribution in [3.63, 3.8) is 0 Å². The van der Waals surface area contributed by atoms with Crippen LogP contribution in [-0.2, 0) is 4.79 Å². The van der Waals surface area contributed by atoms with Gasteiger partial charge in [0.1, 0.15) is 11.5 Å². The molecule has 2 N–H and O–H groups in total. The lowest BCUT2D eigenvalue weighted by molar-refractivity contribution is -0.117. The van der Waals surface area contributed by atoms with Crippen LogP contribution in [0.1, 0.15) is 6.42 Å². The minimum atomic E-state index is -0.00807. The molecule has 1 atom stereocenters. The number of nitrogens with zero attached hydrogens (tertiary/aromatic N) is 2. The van der Waals surface area contributed by atoms with Crippen molar-refractivity contribution in [2.75, 3.05) is 65.3 Å². The molecule has 0 radical (unpaired) electrons. The van der Waals surface area contributed by atoms with E-state index < -0.39 is 0 Å². The third-order valence-electron chi connectivity index (χ3n) is 4.96. The van der Waals surface area contributed by atoms with Crippen LogP contribution in [0.4, 0.5) is 5.69 Å². The van der Waals surface area contributed by atoms with Crippen molar-refractivity contribution in [2.24, 2.45) is 0 Å². The van der Waals surface area contributed by atoms with Gasteiger partial charge in [-0.15, -0.1) is 24.8 Å². The van der Waals surface area contributed by atoms with E-state index in [1.165, 1.54) is 6.42 Å². The Labute approximate surface area is 173 Å². The highest BCUT2D eigenvalue weighted by atomic mass is 35.5. The smallest absolute Gasteiger partial charge is 0.238 e. The van der Waals surface area contributed by atoms with Crippen LogP contribution in [-0.4, -0.2) is 81.8 Å². The molecule has 2 fully saturated rings. The SMILES string of the molecule is COc1cc(NC(=O)CN2CCN(C3CCNC3)CC2)cc(OC)c1.Cl.Cl. The number of nitrogens with one attached hydrogen (secondary N) is 2. The van der Waals surface area contributed by atoms with Crippen molar-refractivity contribution in [3.8, 4) is 11.5 Å². The van der Waals surface area contributed by atoms with E-state index in [9.17, 15) is 4.79 Å². The van der Waals surface area contributed by atoms with Crippen LogP contribution in [0, 0.1) is 0 Å². The summed E-state index contributed by atoms with van der Waals surface area (Å²) in [6.07, 6.45) is 1.23. The average molecular weight is 421 g/mol. The maximum atomic E-state index is 12.4. The highest BCUT2D eigenvalue weighted by molar-refractivity contribution is 5.92. The monoisotopic (exact) mass is 420 g/mol. The Morgan fingerprint density at radius 3 is 2.26 bits per heavy atom. The van der Waals surface area contributed by atoms with Gasteiger partial charge >= 0.3 is 0 Å². The number of piperazine rings is 1. The van der Waals surface area contributed by atoms with Gasteiger partial charge < -0.3 is 20.1 Å². The van der Waals surface area contributed by atoms with Crippen molar-refractivity contribution in [1.82, 2.24) is 15.1 Å². The standard InChI is InChI=1S/C18H28N4O3.2ClH/c1-24-16-9-14(10-17(11-16)25-2)20-18(23)13-21-5-7-22(8-6-21)15-3-4-19-12-15;;/h9-11,15,19H,3-8,12-13H2,1-2H3,(H,20,23);2*1H. The molecule has 7 nitrogen and oxygen atoms in total. The molecule has 0 saturated carbocycles. The Kier molecular flexibility index (Phi) is 10.2. The lowest BCUT2D eigenvalue weighted by Crippen LogP contribution is -2.52.